The minimum absolute atomic E-state index is 0.221. The number of hydrogen-bond acceptors (Lipinski definition) is 4. The molecule has 3 rings (SSSR count). The molecule has 0 bridgehead atoms. The number of thioether (sulfide) groups is 1. The maximum atomic E-state index is 14.6. The second-order valence-corrected chi connectivity index (χ2v) is 8.71. The van der Waals surface area contributed by atoms with Gasteiger partial charge in [0.1, 0.15) is 11.4 Å². The first-order valence-electron chi connectivity index (χ1n) is 8.78. The zero-order valence-electron chi connectivity index (χ0n) is 15.0. The molecule has 1 fully saturated rings. The number of ether oxygens (including phenoxy) is 1. The van der Waals surface area contributed by atoms with Crippen LogP contribution in [-0.2, 0) is 10.3 Å². The van der Waals surface area contributed by atoms with Crippen molar-refractivity contribution in [1.29, 1.82) is 0 Å². The molecule has 1 aromatic carbocycles. The summed E-state index contributed by atoms with van der Waals surface area (Å²) in [6.07, 6.45) is 3.48. The number of carbonyl (C=O) groups is 1. The first kappa shape index (κ1) is 18.2. The van der Waals surface area contributed by atoms with Gasteiger partial charge in [0, 0.05) is 11.3 Å². The average molecular weight is 364 g/mol. The number of fused-ring (bicyclic) bond motifs is 1. The Hall–Kier alpha value is -1.56. The van der Waals surface area contributed by atoms with Gasteiger partial charge in [-0.25, -0.2) is 9.18 Å². The minimum atomic E-state index is -0.584. The Balaban J connectivity index is 1.92. The highest BCUT2D eigenvalue weighted by atomic mass is 32.2. The van der Waals surface area contributed by atoms with E-state index in [0.717, 1.165) is 31.4 Å². The van der Waals surface area contributed by atoms with Gasteiger partial charge in [-0.05, 0) is 45.6 Å². The van der Waals surface area contributed by atoms with Gasteiger partial charge in [0.05, 0.1) is 5.54 Å². The van der Waals surface area contributed by atoms with Gasteiger partial charge in [-0.2, -0.15) is 0 Å². The normalized spacial score (nSPS) is 26.4. The van der Waals surface area contributed by atoms with E-state index in [1.165, 1.54) is 17.8 Å². The van der Waals surface area contributed by atoms with E-state index in [1.807, 2.05) is 32.9 Å². The van der Waals surface area contributed by atoms with Crippen molar-refractivity contribution < 1.29 is 13.9 Å². The highest BCUT2D eigenvalue weighted by Gasteiger charge is 2.46. The van der Waals surface area contributed by atoms with E-state index in [0.29, 0.717) is 10.7 Å². The Kier molecular flexibility index (Phi) is 5.09. The van der Waals surface area contributed by atoms with Crippen molar-refractivity contribution >= 4 is 23.0 Å². The number of aliphatic imine (C=N–C) groups is 1. The Labute approximate surface area is 152 Å². The summed E-state index contributed by atoms with van der Waals surface area (Å²) in [4.78, 5) is 17.0. The third-order valence-electron chi connectivity index (χ3n) is 4.71. The van der Waals surface area contributed by atoms with E-state index in [1.54, 1.807) is 6.07 Å². The molecule has 0 unspecified atom stereocenters. The first-order chi connectivity index (χ1) is 11.8. The molecule has 1 N–H and O–H groups in total. The highest BCUT2D eigenvalue weighted by Crippen LogP contribution is 2.49. The van der Waals surface area contributed by atoms with E-state index in [9.17, 15) is 9.18 Å². The molecule has 1 amide bonds. The van der Waals surface area contributed by atoms with Crippen LogP contribution in [0.2, 0.25) is 0 Å². The summed E-state index contributed by atoms with van der Waals surface area (Å²) in [5.41, 5.74) is -0.511. The van der Waals surface area contributed by atoms with Crippen molar-refractivity contribution in [3.05, 3.63) is 35.6 Å². The van der Waals surface area contributed by atoms with E-state index >= 15 is 0 Å². The number of hydrogen-bond donors (Lipinski definition) is 1. The van der Waals surface area contributed by atoms with Crippen LogP contribution in [0.25, 0.3) is 0 Å². The van der Waals surface area contributed by atoms with Crippen LogP contribution >= 0.6 is 11.8 Å². The van der Waals surface area contributed by atoms with Crippen molar-refractivity contribution in [2.24, 2.45) is 10.9 Å². The van der Waals surface area contributed by atoms with Gasteiger partial charge in [-0.1, -0.05) is 42.8 Å². The lowest BCUT2D eigenvalue weighted by atomic mass is 9.69. The number of amidine groups is 1. The fourth-order valence-electron chi connectivity index (χ4n) is 3.67. The molecule has 136 valence electrons. The van der Waals surface area contributed by atoms with Gasteiger partial charge in [-0.15, -0.1) is 0 Å². The molecule has 2 atom stereocenters. The van der Waals surface area contributed by atoms with E-state index in [2.05, 4.69) is 5.32 Å². The maximum absolute atomic E-state index is 14.6. The van der Waals surface area contributed by atoms with Gasteiger partial charge < -0.3 is 4.74 Å². The summed E-state index contributed by atoms with van der Waals surface area (Å²) in [7, 11) is 0. The van der Waals surface area contributed by atoms with Gasteiger partial charge >= 0.3 is 6.09 Å². The molecule has 1 aromatic rings. The van der Waals surface area contributed by atoms with Crippen molar-refractivity contribution in [1.82, 2.24) is 5.32 Å². The number of amides is 1. The number of alkyl carbamates (subject to hydrolysis) is 1. The van der Waals surface area contributed by atoms with Crippen molar-refractivity contribution in [2.75, 3.05) is 5.75 Å². The molecule has 0 radical (unpaired) electrons. The fourth-order valence-corrected chi connectivity index (χ4v) is 4.86. The lowest BCUT2D eigenvalue weighted by Crippen LogP contribution is -2.45. The first-order valence-corrected chi connectivity index (χ1v) is 9.76. The monoisotopic (exact) mass is 364 g/mol. The quantitative estimate of drug-likeness (QED) is 0.776. The van der Waals surface area contributed by atoms with Crippen LogP contribution in [0.4, 0.5) is 9.18 Å². The Morgan fingerprint density at radius 3 is 2.84 bits per heavy atom. The second-order valence-electron chi connectivity index (χ2n) is 7.70. The molecule has 4 nitrogen and oxygen atoms in total. The molecule has 0 aromatic heterocycles. The summed E-state index contributed by atoms with van der Waals surface area (Å²) in [6, 6.07) is 6.89. The second kappa shape index (κ2) is 6.98. The standard InChI is InChI=1S/C19H25FN2O2S/c1-18(2,3)24-17(23)21-16-22-19(14-9-4-5-10-15(14)20)11-7-6-8-13(19)12-25-16/h4-5,9-10,13H,6-8,11-12H2,1-3H3,(H,21,22,23)/t13-,19-/m0/s1. The van der Waals surface area contributed by atoms with Crippen LogP contribution in [-0.4, -0.2) is 22.6 Å². The topological polar surface area (TPSA) is 50.7 Å². The van der Waals surface area contributed by atoms with E-state index in [-0.39, 0.29) is 11.7 Å². The van der Waals surface area contributed by atoms with Crippen molar-refractivity contribution in [3.63, 3.8) is 0 Å². The summed E-state index contributed by atoms with van der Waals surface area (Å²) in [5, 5.41) is 3.28. The zero-order valence-corrected chi connectivity index (χ0v) is 15.8. The lowest BCUT2D eigenvalue weighted by Gasteiger charge is -2.44. The van der Waals surface area contributed by atoms with Crippen LogP contribution in [0.3, 0.4) is 0 Å². The molecule has 1 aliphatic heterocycles. The summed E-state index contributed by atoms with van der Waals surface area (Å²) < 4.78 is 19.9. The number of rotatable bonds is 1. The van der Waals surface area contributed by atoms with Gasteiger partial charge in [0.25, 0.3) is 0 Å². The van der Waals surface area contributed by atoms with E-state index in [4.69, 9.17) is 9.73 Å². The predicted molar refractivity (Wildman–Crippen MR) is 99.3 cm³/mol. The Morgan fingerprint density at radius 2 is 2.12 bits per heavy atom. The van der Waals surface area contributed by atoms with Gasteiger partial charge in [0.15, 0.2) is 5.17 Å². The molecule has 2 aliphatic rings. The Morgan fingerprint density at radius 1 is 1.36 bits per heavy atom. The number of benzene rings is 1. The molecule has 1 aliphatic carbocycles. The molecule has 0 saturated heterocycles. The molecular formula is C19H25FN2O2S. The van der Waals surface area contributed by atoms with Crippen LogP contribution in [0.15, 0.2) is 29.3 Å². The van der Waals surface area contributed by atoms with Gasteiger partial charge in [-0.3, -0.25) is 10.3 Å². The van der Waals surface area contributed by atoms with Crippen LogP contribution < -0.4 is 5.32 Å². The lowest BCUT2D eigenvalue weighted by molar-refractivity contribution is 0.0563. The molecule has 1 saturated carbocycles. The van der Waals surface area contributed by atoms with Crippen molar-refractivity contribution in [3.8, 4) is 0 Å². The average Bonchev–Trinajstić information content (AvgIpc) is 2.53. The predicted octanol–water partition coefficient (Wildman–Crippen LogP) is 4.84. The highest BCUT2D eigenvalue weighted by molar-refractivity contribution is 8.13. The zero-order chi connectivity index (χ0) is 18.1. The summed E-state index contributed by atoms with van der Waals surface area (Å²) in [6.45, 7) is 5.46. The van der Waals surface area contributed by atoms with Crippen LogP contribution in [0.1, 0.15) is 52.0 Å². The largest absolute Gasteiger partial charge is 0.444 e. The number of nitrogens with zero attached hydrogens (tertiary/aromatic N) is 1. The number of halogens is 1. The van der Waals surface area contributed by atoms with Crippen LogP contribution in [0, 0.1) is 11.7 Å². The molecule has 25 heavy (non-hydrogen) atoms. The molecule has 0 spiro atoms. The number of carbonyl (C=O) groups excluding carboxylic acids is 1. The summed E-state index contributed by atoms with van der Waals surface area (Å²) in [5.74, 6) is 0.886. The van der Waals surface area contributed by atoms with Gasteiger partial charge in [0.2, 0.25) is 0 Å². The SMILES string of the molecule is CC(C)(C)OC(=O)NC1=N[C@@]2(c3ccccc3F)CCCC[C@H]2CS1. The Bertz CT molecular complexity index is 686. The molecule has 1 heterocycles. The molecule has 6 heteroatoms. The third-order valence-corrected chi connectivity index (χ3v) is 5.74. The third kappa shape index (κ3) is 4.00. The maximum Gasteiger partial charge on any atom is 0.413 e. The fraction of sp³-hybridized carbons (Fsp3) is 0.579. The smallest absolute Gasteiger partial charge is 0.413 e. The number of nitrogens with one attached hydrogen (secondary N) is 1. The van der Waals surface area contributed by atoms with Crippen LogP contribution in [0.5, 0.6) is 0 Å². The molecular weight excluding hydrogens is 339 g/mol. The van der Waals surface area contributed by atoms with E-state index < -0.39 is 17.2 Å². The minimum Gasteiger partial charge on any atom is -0.444 e. The summed E-state index contributed by atoms with van der Waals surface area (Å²) >= 11 is 1.52. The van der Waals surface area contributed by atoms with Crippen molar-refractivity contribution in [2.45, 2.75) is 57.6 Å².